The number of hydrogen-bond donors (Lipinski definition) is 1. The molecule has 2 atom stereocenters. The number of aromatic nitrogens is 2. The first-order chi connectivity index (χ1) is 17.2. The predicted molar refractivity (Wildman–Crippen MR) is 131 cm³/mol. The minimum Gasteiger partial charge on any atom is -0.381 e. The first-order valence-electron chi connectivity index (χ1n) is 12.0. The summed E-state index contributed by atoms with van der Waals surface area (Å²) in [5.41, 5.74) is 3.35. The standard InChI is InChI=1S/C27H27F3N4O2/c1-3-34-14-19-15-36-9-7-21(19)23-10-18(13-32-25(23)34)22-12-20(5-4-16(22)2)33-26(35)17-6-8-31-24(11-17)27(28,29)30/h4-6,8,10-13,19,21H,3,7,9,14-15H2,1-2H3,(H,33,35)/t19-,21-/m1/s1. The molecule has 4 heterocycles. The third-order valence-electron chi connectivity index (χ3n) is 7.02. The number of aryl methyl sites for hydroxylation is 1. The van der Waals surface area contributed by atoms with Gasteiger partial charge in [0, 0.05) is 54.8 Å². The molecule has 2 aromatic heterocycles. The minimum absolute atomic E-state index is 0.111. The lowest BCUT2D eigenvalue weighted by atomic mass is 9.79. The lowest BCUT2D eigenvalue weighted by molar-refractivity contribution is -0.141. The normalized spacial score (nSPS) is 19.4. The highest BCUT2D eigenvalue weighted by molar-refractivity contribution is 6.04. The maximum absolute atomic E-state index is 13.0. The summed E-state index contributed by atoms with van der Waals surface area (Å²) in [5, 5.41) is 2.72. The monoisotopic (exact) mass is 496 g/mol. The molecule has 3 aromatic rings. The van der Waals surface area contributed by atoms with Crippen molar-refractivity contribution in [2.75, 3.05) is 36.5 Å². The van der Waals surface area contributed by atoms with Crippen molar-refractivity contribution in [3.63, 3.8) is 0 Å². The Balaban J connectivity index is 1.45. The Bertz CT molecular complexity index is 1290. The van der Waals surface area contributed by atoms with Gasteiger partial charge in [-0.25, -0.2) is 4.98 Å². The number of ether oxygens (including phenoxy) is 1. The van der Waals surface area contributed by atoms with E-state index in [1.807, 2.05) is 25.3 Å². The van der Waals surface area contributed by atoms with Gasteiger partial charge in [0.15, 0.2) is 0 Å². The number of carbonyl (C=O) groups excluding carboxylic acids is 1. The summed E-state index contributed by atoms with van der Waals surface area (Å²) in [6.45, 7) is 7.40. The van der Waals surface area contributed by atoms with Gasteiger partial charge in [0.25, 0.3) is 5.91 Å². The number of alkyl halides is 3. The van der Waals surface area contributed by atoms with E-state index in [2.05, 4.69) is 28.2 Å². The predicted octanol–water partition coefficient (Wildman–Crippen LogP) is 5.68. The molecule has 9 heteroatoms. The number of hydrogen-bond acceptors (Lipinski definition) is 5. The number of rotatable bonds is 4. The quantitative estimate of drug-likeness (QED) is 0.503. The van der Waals surface area contributed by atoms with E-state index in [1.54, 1.807) is 6.07 Å². The molecular weight excluding hydrogens is 469 g/mol. The van der Waals surface area contributed by atoms with E-state index in [4.69, 9.17) is 9.72 Å². The summed E-state index contributed by atoms with van der Waals surface area (Å²) in [6, 6.07) is 9.66. The van der Waals surface area contributed by atoms with Gasteiger partial charge in [0.1, 0.15) is 11.5 Å². The molecule has 0 aliphatic carbocycles. The summed E-state index contributed by atoms with van der Waals surface area (Å²) in [4.78, 5) is 23.2. The van der Waals surface area contributed by atoms with Crippen molar-refractivity contribution in [3.8, 4) is 11.1 Å². The maximum atomic E-state index is 13.0. The van der Waals surface area contributed by atoms with Gasteiger partial charge >= 0.3 is 6.18 Å². The third-order valence-corrected chi connectivity index (χ3v) is 7.02. The number of benzene rings is 1. The highest BCUT2D eigenvalue weighted by Crippen LogP contribution is 2.43. The van der Waals surface area contributed by atoms with Crippen LogP contribution in [0.25, 0.3) is 11.1 Å². The van der Waals surface area contributed by atoms with Gasteiger partial charge < -0.3 is 15.0 Å². The van der Waals surface area contributed by atoms with Crippen LogP contribution in [0.15, 0.2) is 48.8 Å². The molecule has 1 amide bonds. The van der Waals surface area contributed by atoms with Gasteiger partial charge in [0.05, 0.1) is 6.61 Å². The average molecular weight is 497 g/mol. The van der Waals surface area contributed by atoms with E-state index < -0.39 is 17.8 Å². The molecule has 2 aliphatic heterocycles. The molecule has 0 spiro atoms. The molecule has 5 rings (SSSR count). The van der Waals surface area contributed by atoms with Gasteiger partial charge in [-0.3, -0.25) is 9.78 Å². The van der Waals surface area contributed by atoms with Gasteiger partial charge in [-0.1, -0.05) is 6.07 Å². The van der Waals surface area contributed by atoms with Crippen LogP contribution in [0.4, 0.5) is 24.7 Å². The van der Waals surface area contributed by atoms with Crippen LogP contribution in [0, 0.1) is 12.8 Å². The van der Waals surface area contributed by atoms with Crippen molar-refractivity contribution >= 4 is 17.4 Å². The van der Waals surface area contributed by atoms with Gasteiger partial charge in [-0.2, -0.15) is 13.2 Å². The summed E-state index contributed by atoms with van der Waals surface area (Å²) < 4.78 is 44.8. The minimum atomic E-state index is -4.62. The lowest BCUT2D eigenvalue weighted by Crippen LogP contribution is -2.42. The maximum Gasteiger partial charge on any atom is 0.433 e. The number of halogens is 3. The molecule has 1 saturated heterocycles. The Labute approximate surface area is 207 Å². The highest BCUT2D eigenvalue weighted by Gasteiger charge is 2.36. The number of nitrogens with zero attached hydrogens (tertiary/aromatic N) is 3. The van der Waals surface area contributed by atoms with Crippen LogP contribution in [0.3, 0.4) is 0 Å². The van der Waals surface area contributed by atoms with Gasteiger partial charge in [0.2, 0.25) is 0 Å². The second-order valence-electron chi connectivity index (χ2n) is 9.32. The van der Waals surface area contributed by atoms with Crippen LogP contribution in [0.5, 0.6) is 0 Å². The van der Waals surface area contributed by atoms with E-state index in [-0.39, 0.29) is 5.56 Å². The molecule has 0 unspecified atom stereocenters. The SMILES string of the molecule is CCN1C[C@@H]2COCC[C@H]2c2cc(-c3cc(NC(=O)c4ccnc(C(F)(F)F)c4)ccc3C)cnc21. The topological polar surface area (TPSA) is 67.3 Å². The fourth-order valence-corrected chi connectivity index (χ4v) is 5.13. The number of nitrogens with one attached hydrogen (secondary N) is 1. The molecule has 6 nitrogen and oxygen atoms in total. The average Bonchev–Trinajstić information content (AvgIpc) is 2.88. The van der Waals surface area contributed by atoms with Gasteiger partial charge in [-0.15, -0.1) is 0 Å². The van der Waals surface area contributed by atoms with Crippen LogP contribution in [-0.2, 0) is 10.9 Å². The van der Waals surface area contributed by atoms with E-state index in [1.165, 1.54) is 11.6 Å². The smallest absolute Gasteiger partial charge is 0.381 e. The van der Waals surface area contributed by atoms with Crippen molar-refractivity contribution in [1.29, 1.82) is 0 Å². The number of anilines is 2. The molecule has 1 fully saturated rings. The molecule has 1 aromatic carbocycles. The number of fused-ring (bicyclic) bond motifs is 3. The zero-order chi connectivity index (χ0) is 25.4. The summed E-state index contributed by atoms with van der Waals surface area (Å²) in [7, 11) is 0. The van der Waals surface area contributed by atoms with Crippen molar-refractivity contribution in [3.05, 3.63) is 71.2 Å². The number of pyridine rings is 2. The van der Waals surface area contributed by atoms with E-state index in [9.17, 15) is 18.0 Å². The summed E-state index contributed by atoms with van der Waals surface area (Å²) >= 11 is 0. The Kier molecular flexibility index (Phi) is 6.42. The summed E-state index contributed by atoms with van der Waals surface area (Å²) in [5.74, 6) is 1.20. The molecule has 2 aliphatic rings. The van der Waals surface area contributed by atoms with E-state index in [0.29, 0.717) is 17.5 Å². The fraction of sp³-hybridized carbons (Fsp3) is 0.370. The van der Waals surface area contributed by atoms with Crippen LogP contribution in [0.2, 0.25) is 0 Å². The third kappa shape index (κ3) is 4.67. The first-order valence-corrected chi connectivity index (χ1v) is 12.0. The van der Waals surface area contributed by atoms with Crippen LogP contribution in [-0.4, -0.2) is 42.2 Å². The second kappa shape index (κ2) is 9.54. The second-order valence-corrected chi connectivity index (χ2v) is 9.32. The Morgan fingerprint density at radius 3 is 2.81 bits per heavy atom. The summed E-state index contributed by atoms with van der Waals surface area (Å²) in [6.07, 6.45) is -0.821. The van der Waals surface area contributed by atoms with Crippen LogP contribution in [0.1, 0.15) is 46.4 Å². The number of carbonyl (C=O) groups is 1. The van der Waals surface area contributed by atoms with Crippen molar-refractivity contribution in [2.45, 2.75) is 32.4 Å². The number of amides is 1. The zero-order valence-electron chi connectivity index (χ0n) is 20.1. The largest absolute Gasteiger partial charge is 0.433 e. The molecule has 0 radical (unpaired) electrons. The highest BCUT2D eigenvalue weighted by atomic mass is 19.4. The van der Waals surface area contributed by atoms with E-state index in [0.717, 1.165) is 67.5 Å². The van der Waals surface area contributed by atoms with Crippen molar-refractivity contribution in [1.82, 2.24) is 9.97 Å². The van der Waals surface area contributed by atoms with Crippen LogP contribution >= 0.6 is 0 Å². The van der Waals surface area contributed by atoms with Gasteiger partial charge in [-0.05, 0) is 73.2 Å². The Hall–Kier alpha value is -3.46. The van der Waals surface area contributed by atoms with E-state index >= 15 is 0 Å². The Morgan fingerprint density at radius 2 is 2.03 bits per heavy atom. The molecular formula is C27H27F3N4O2. The zero-order valence-corrected chi connectivity index (χ0v) is 20.1. The molecule has 0 bridgehead atoms. The Morgan fingerprint density at radius 1 is 1.19 bits per heavy atom. The molecule has 1 N–H and O–H groups in total. The molecule has 188 valence electrons. The lowest BCUT2D eigenvalue weighted by Gasteiger charge is -2.42. The van der Waals surface area contributed by atoms with Crippen molar-refractivity contribution < 1.29 is 22.7 Å². The van der Waals surface area contributed by atoms with Crippen molar-refractivity contribution in [2.24, 2.45) is 5.92 Å². The molecule has 36 heavy (non-hydrogen) atoms. The molecule has 0 saturated carbocycles. The van der Waals surface area contributed by atoms with Crippen LogP contribution < -0.4 is 10.2 Å². The fourth-order valence-electron chi connectivity index (χ4n) is 5.13. The first kappa shape index (κ1) is 24.2.